The Bertz CT molecular complexity index is 654. The maximum atomic E-state index is 12.8. The van der Waals surface area contributed by atoms with Crippen LogP contribution < -0.4 is 5.43 Å². The van der Waals surface area contributed by atoms with Gasteiger partial charge in [0.15, 0.2) is 0 Å². The van der Waals surface area contributed by atoms with Gasteiger partial charge in [0, 0.05) is 18.3 Å². The number of likely N-dealkylation sites (tertiary alicyclic amines) is 1. The maximum absolute atomic E-state index is 12.8. The standard InChI is InChI=1S/C19H28N6O2S/c20-9-16-7-4-8-23(16)19(27)12-25(15-5-2-1-3-6-15)22-11-18(26)24-14-28-13-17(24)10-21/h15-17,22H,1-8,11-14H2. The van der Waals surface area contributed by atoms with Crippen molar-refractivity contribution in [1.82, 2.24) is 20.2 Å². The Morgan fingerprint density at radius 2 is 1.75 bits per heavy atom. The fraction of sp³-hybridized carbons (Fsp3) is 0.789. The van der Waals surface area contributed by atoms with Crippen molar-refractivity contribution >= 4 is 23.6 Å². The lowest BCUT2D eigenvalue weighted by atomic mass is 9.95. The highest BCUT2D eigenvalue weighted by molar-refractivity contribution is 7.99. The number of hydrogen-bond donors (Lipinski definition) is 1. The Kier molecular flexibility index (Phi) is 7.55. The molecule has 2 aliphatic heterocycles. The van der Waals surface area contributed by atoms with E-state index in [0.717, 1.165) is 38.5 Å². The molecule has 3 aliphatic rings. The van der Waals surface area contributed by atoms with E-state index >= 15 is 0 Å². The van der Waals surface area contributed by atoms with Gasteiger partial charge in [0.05, 0.1) is 31.1 Å². The summed E-state index contributed by atoms with van der Waals surface area (Å²) in [6, 6.07) is 3.91. The van der Waals surface area contributed by atoms with Crippen molar-refractivity contribution < 1.29 is 9.59 Å². The van der Waals surface area contributed by atoms with E-state index in [1.165, 1.54) is 6.42 Å². The van der Waals surface area contributed by atoms with E-state index in [1.807, 2.05) is 5.01 Å². The van der Waals surface area contributed by atoms with Gasteiger partial charge in [-0.3, -0.25) is 9.59 Å². The van der Waals surface area contributed by atoms with Crippen LogP contribution in [0.5, 0.6) is 0 Å². The molecule has 2 amide bonds. The van der Waals surface area contributed by atoms with Crippen LogP contribution in [0.3, 0.4) is 0 Å². The molecule has 152 valence electrons. The number of carbonyl (C=O) groups excluding carboxylic acids is 2. The number of nitrogens with zero attached hydrogens (tertiary/aromatic N) is 5. The third-order valence-corrected chi connectivity index (χ3v) is 6.84. The second kappa shape index (κ2) is 10.1. The molecule has 1 aliphatic carbocycles. The molecule has 1 saturated carbocycles. The highest BCUT2D eigenvalue weighted by Gasteiger charge is 2.33. The van der Waals surface area contributed by atoms with Crippen LogP contribution >= 0.6 is 11.8 Å². The molecule has 1 N–H and O–H groups in total. The number of amides is 2. The summed E-state index contributed by atoms with van der Waals surface area (Å²) in [6.45, 7) is 0.889. The van der Waals surface area contributed by atoms with Crippen LogP contribution in [-0.4, -0.2) is 76.0 Å². The van der Waals surface area contributed by atoms with E-state index in [4.69, 9.17) is 0 Å². The summed E-state index contributed by atoms with van der Waals surface area (Å²) in [5, 5.41) is 20.4. The molecular weight excluding hydrogens is 376 g/mol. The summed E-state index contributed by atoms with van der Waals surface area (Å²) in [6.07, 6.45) is 7.03. The largest absolute Gasteiger partial charge is 0.325 e. The Labute approximate surface area is 170 Å². The molecule has 2 unspecified atom stereocenters. The smallest absolute Gasteiger partial charge is 0.239 e. The number of nitrogens with one attached hydrogen (secondary N) is 1. The first kappa shape index (κ1) is 20.9. The molecule has 2 heterocycles. The number of rotatable bonds is 6. The van der Waals surface area contributed by atoms with Crippen molar-refractivity contribution in [1.29, 1.82) is 10.5 Å². The summed E-state index contributed by atoms with van der Waals surface area (Å²) in [4.78, 5) is 28.7. The molecular formula is C19H28N6O2S. The van der Waals surface area contributed by atoms with Gasteiger partial charge >= 0.3 is 0 Å². The average Bonchev–Trinajstić information content (AvgIpc) is 3.40. The van der Waals surface area contributed by atoms with Gasteiger partial charge in [0.2, 0.25) is 11.8 Å². The van der Waals surface area contributed by atoms with E-state index in [1.54, 1.807) is 21.6 Å². The van der Waals surface area contributed by atoms with Crippen LogP contribution in [0.25, 0.3) is 0 Å². The predicted molar refractivity (Wildman–Crippen MR) is 106 cm³/mol. The Morgan fingerprint density at radius 1 is 1.00 bits per heavy atom. The van der Waals surface area contributed by atoms with Gasteiger partial charge < -0.3 is 9.80 Å². The zero-order valence-electron chi connectivity index (χ0n) is 16.2. The summed E-state index contributed by atoms with van der Waals surface area (Å²) in [5.74, 6) is 1.03. The predicted octanol–water partition coefficient (Wildman–Crippen LogP) is 1.07. The minimum absolute atomic E-state index is 0.0544. The van der Waals surface area contributed by atoms with Gasteiger partial charge in [-0.2, -0.15) is 10.5 Å². The van der Waals surface area contributed by atoms with Gasteiger partial charge in [-0.1, -0.05) is 19.3 Å². The van der Waals surface area contributed by atoms with Gasteiger partial charge in [0.25, 0.3) is 0 Å². The molecule has 2 atom stereocenters. The molecule has 3 fully saturated rings. The first-order chi connectivity index (χ1) is 13.6. The Morgan fingerprint density at radius 3 is 2.46 bits per heavy atom. The zero-order valence-corrected chi connectivity index (χ0v) is 17.0. The third-order valence-electron chi connectivity index (χ3n) is 5.83. The number of nitriles is 2. The number of carbonyl (C=O) groups is 2. The van der Waals surface area contributed by atoms with Crippen LogP contribution in [0.15, 0.2) is 0 Å². The molecule has 28 heavy (non-hydrogen) atoms. The fourth-order valence-corrected chi connectivity index (χ4v) is 5.31. The molecule has 3 rings (SSSR count). The fourth-order valence-electron chi connectivity index (χ4n) is 4.21. The first-order valence-electron chi connectivity index (χ1n) is 10.1. The molecule has 0 aromatic rings. The maximum Gasteiger partial charge on any atom is 0.239 e. The van der Waals surface area contributed by atoms with Crippen molar-refractivity contribution in [2.75, 3.05) is 31.3 Å². The van der Waals surface area contributed by atoms with Crippen LogP contribution in [-0.2, 0) is 9.59 Å². The Balaban J connectivity index is 1.60. The zero-order chi connectivity index (χ0) is 19.9. The van der Waals surface area contributed by atoms with E-state index in [9.17, 15) is 20.1 Å². The minimum atomic E-state index is -0.370. The molecule has 0 spiro atoms. The normalized spacial score (nSPS) is 25.7. The second-order valence-corrected chi connectivity index (χ2v) is 8.64. The molecule has 0 radical (unpaired) electrons. The second-order valence-electron chi connectivity index (χ2n) is 7.64. The Hall–Kier alpha value is -1.81. The first-order valence-corrected chi connectivity index (χ1v) is 11.3. The highest BCUT2D eigenvalue weighted by Crippen LogP contribution is 2.23. The summed E-state index contributed by atoms with van der Waals surface area (Å²) >= 11 is 1.59. The third kappa shape index (κ3) is 4.96. The molecule has 0 aromatic heterocycles. The summed E-state index contributed by atoms with van der Waals surface area (Å²) < 4.78 is 0. The quantitative estimate of drug-likeness (QED) is 0.660. The monoisotopic (exact) mass is 404 g/mol. The van der Waals surface area contributed by atoms with E-state index in [2.05, 4.69) is 17.6 Å². The number of hydrogen-bond acceptors (Lipinski definition) is 7. The van der Waals surface area contributed by atoms with E-state index in [-0.39, 0.29) is 43.0 Å². The lowest BCUT2D eigenvalue weighted by molar-refractivity contribution is -0.136. The van der Waals surface area contributed by atoms with Crippen LogP contribution in [0, 0.1) is 22.7 Å². The van der Waals surface area contributed by atoms with Crippen molar-refractivity contribution in [3.05, 3.63) is 0 Å². The van der Waals surface area contributed by atoms with Crippen LogP contribution in [0.2, 0.25) is 0 Å². The number of hydrazine groups is 1. The van der Waals surface area contributed by atoms with Crippen LogP contribution in [0.4, 0.5) is 0 Å². The molecule has 0 aromatic carbocycles. The molecule has 9 heteroatoms. The van der Waals surface area contributed by atoms with E-state index < -0.39 is 0 Å². The van der Waals surface area contributed by atoms with Crippen molar-refractivity contribution in [3.8, 4) is 12.1 Å². The van der Waals surface area contributed by atoms with Crippen LogP contribution in [0.1, 0.15) is 44.9 Å². The lowest BCUT2D eigenvalue weighted by Crippen LogP contribution is -2.55. The van der Waals surface area contributed by atoms with Gasteiger partial charge in [-0.05, 0) is 25.7 Å². The molecule has 0 bridgehead atoms. The minimum Gasteiger partial charge on any atom is -0.325 e. The summed E-state index contributed by atoms with van der Waals surface area (Å²) in [7, 11) is 0. The van der Waals surface area contributed by atoms with Crippen molar-refractivity contribution in [3.63, 3.8) is 0 Å². The lowest BCUT2D eigenvalue weighted by Gasteiger charge is -2.35. The van der Waals surface area contributed by atoms with Gasteiger partial charge in [-0.15, -0.1) is 11.8 Å². The topological polar surface area (TPSA) is 103 Å². The highest BCUT2D eigenvalue weighted by atomic mass is 32.2. The van der Waals surface area contributed by atoms with Gasteiger partial charge in [0.1, 0.15) is 12.1 Å². The van der Waals surface area contributed by atoms with Gasteiger partial charge in [-0.25, -0.2) is 10.4 Å². The molecule has 2 saturated heterocycles. The summed E-state index contributed by atoms with van der Waals surface area (Å²) in [5.41, 5.74) is 3.19. The van der Waals surface area contributed by atoms with E-state index in [0.29, 0.717) is 18.2 Å². The number of thioether (sulfide) groups is 1. The van der Waals surface area contributed by atoms with Crippen molar-refractivity contribution in [2.24, 2.45) is 0 Å². The average molecular weight is 405 g/mol. The van der Waals surface area contributed by atoms with Crippen molar-refractivity contribution in [2.45, 2.75) is 63.1 Å². The molecule has 8 nitrogen and oxygen atoms in total. The SMILES string of the molecule is N#CC1CCCN1C(=O)CN(NCC(=O)N1CSCC1C#N)C1CCCCC1.